The van der Waals surface area contributed by atoms with Crippen molar-refractivity contribution in [1.82, 2.24) is 9.97 Å². The van der Waals surface area contributed by atoms with Crippen LogP contribution in [0.2, 0.25) is 0 Å². The van der Waals surface area contributed by atoms with E-state index in [1.807, 2.05) is 6.07 Å². The average Bonchev–Trinajstić information content (AvgIpc) is 2.34. The van der Waals surface area contributed by atoms with Gasteiger partial charge in [-0.1, -0.05) is 34.6 Å². The second kappa shape index (κ2) is 6.19. The maximum atomic E-state index is 5.51. The Hall–Kier alpha value is -1.36. The van der Waals surface area contributed by atoms with Crippen molar-refractivity contribution in [2.45, 2.75) is 47.0 Å². The summed E-state index contributed by atoms with van der Waals surface area (Å²) < 4.78 is 0. The van der Waals surface area contributed by atoms with E-state index in [1.54, 1.807) is 0 Å². The summed E-state index contributed by atoms with van der Waals surface area (Å²) in [6, 6.07) is 1.90. The maximum Gasteiger partial charge on any atom is 0.145 e. The number of nitrogens with zero attached hydrogens (tertiary/aromatic N) is 3. The third kappa shape index (κ3) is 4.35. The molecular weight excluding hydrogens is 238 g/mol. The zero-order chi connectivity index (χ0) is 14.6. The van der Waals surface area contributed by atoms with Gasteiger partial charge in [0, 0.05) is 24.6 Å². The second-order valence-corrected chi connectivity index (χ2v) is 6.26. The molecule has 1 aromatic rings. The van der Waals surface area contributed by atoms with E-state index in [-0.39, 0.29) is 5.41 Å². The van der Waals surface area contributed by atoms with Crippen LogP contribution in [0.1, 0.15) is 47.4 Å². The van der Waals surface area contributed by atoms with Crippen LogP contribution in [0.4, 0.5) is 11.6 Å². The van der Waals surface area contributed by atoms with Crippen molar-refractivity contribution in [3.63, 3.8) is 0 Å². The summed E-state index contributed by atoms with van der Waals surface area (Å²) in [7, 11) is 0. The molecule has 0 atom stereocenters. The number of anilines is 2. The summed E-state index contributed by atoms with van der Waals surface area (Å²) in [5.41, 5.74) is 2.54. The van der Waals surface area contributed by atoms with Crippen molar-refractivity contribution in [3.8, 4) is 0 Å². The van der Waals surface area contributed by atoms with Gasteiger partial charge < -0.3 is 10.3 Å². The van der Waals surface area contributed by atoms with Gasteiger partial charge >= 0.3 is 0 Å². The van der Waals surface area contributed by atoms with E-state index in [9.17, 15) is 0 Å². The lowest BCUT2D eigenvalue weighted by Crippen LogP contribution is -2.30. The van der Waals surface area contributed by atoms with Crippen molar-refractivity contribution in [2.75, 3.05) is 23.4 Å². The molecule has 5 heteroatoms. The van der Waals surface area contributed by atoms with Crippen molar-refractivity contribution in [2.24, 2.45) is 11.8 Å². The fourth-order valence-corrected chi connectivity index (χ4v) is 1.83. The van der Waals surface area contributed by atoms with E-state index in [0.29, 0.717) is 11.7 Å². The van der Waals surface area contributed by atoms with Crippen LogP contribution in [0.5, 0.6) is 0 Å². The zero-order valence-corrected chi connectivity index (χ0v) is 13.0. The van der Waals surface area contributed by atoms with Crippen LogP contribution in [0, 0.1) is 5.92 Å². The highest BCUT2D eigenvalue weighted by Gasteiger charge is 2.20. The van der Waals surface area contributed by atoms with Crippen molar-refractivity contribution >= 4 is 11.6 Å². The largest absolute Gasteiger partial charge is 0.356 e. The molecule has 1 aromatic heterocycles. The normalized spacial score (nSPS) is 11.8. The molecule has 5 nitrogen and oxygen atoms in total. The third-order valence-electron chi connectivity index (χ3n) is 2.82. The molecule has 0 saturated heterocycles. The van der Waals surface area contributed by atoms with Crippen LogP contribution in [0.25, 0.3) is 0 Å². The molecule has 0 aromatic carbocycles. The van der Waals surface area contributed by atoms with E-state index >= 15 is 0 Å². The SMILES string of the molecule is CCN(CC(C)C)c1cc(NN)nc(C(C)(C)C)n1. The van der Waals surface area contributed by atoms with Crippen molar-refractivity contribution < 1.29 is 0 Å². The summed E-state index contributed by atoms with van der Waals surface area (Å²) in [5, 5.41) is 0. The van der Waals surface area contributed by atoms with E-state index < -0.39 is 0 Å². The smallest absolute Gasteiger partial charge is 0.145 e. The summed E-state index contributed by atoms with van der Waals surface area (Å²) in [4.78, 5) is 11.4. The average molecular weight is 265 g/mol. The predicted molar refractivity (Wildman–Crippen MR) is 81.3 cm³/mol. The molecule has 19 heavy (non-hydrogen) atoms. The molecule has 0 amide bonds. The van der Waals surface area contributed by atoms with Crippen LogP contribution in [0.3, 0.4) is 0 Å². The van der Waals surface area contributed by atoms with E-state index in [0.717, 1.165) is 24.7 Å². The standard InChI is InChI=1S/C14H27N5/c1-7-19(9-10(2)3)12-8-11(18-15)16-13(17-12)14(4,5)6/h8,10H,7,9,15H2,1-6H3,(H,16,17,18). The number of aromatic nitrogens is 2. The van der Waals surface area contributed by atoms with Gasteiger partial charge in [0.15, 0.2) is 0 Å². The molecule has 0 aliphatic carbocycles. The molecule has 3 N–H and O–H groups in total. The monoisotopic (exact) mass is 265 g/mol. The van der Waals surface area contributed by atoms with Crippen molar-refractivity contribution in [1.29, 1.82) is 0 Å². The molecule has 1 rings (SSSR count). The molecule has 0 bridgehead atoms. The summed E-state index contributed by atoms with van der Waals surface area (Å²) in [6.45, 7) is 14.7. The van der Waals surface area contributed by atoms with Gasteiger partial charge in [0.2, 0.25) is 0 Å². The maximum absolute atomic E-state index is 5.51. The lowest BCUT2D eigenvalue weighted by Gasteiger charge is -2.26. The van der Waals surface area contributed by atoms with E-state index in [1.165, 1.54) is 0 Å². The number of nitrogens with one attached hydrogen (secondary N) is 1. The Kier molecular flexibility index (Phi) is 5.11. The molecule has 0 spiro atoms. The highest BCUT2D eigenvalue weighted by atomic mass is 15.3. The molecule has 0 saturated carbocycles. The van der Waals surface area contributed by atoms with Gasteiger partial charge in [-0.15, -0.1) is 0 Å². The van der Waals surface area contributed by atoms with Crippen LogP contribution >= 0.6 is 0 Å². The molecular formula is C14H27N5. The molecule has 0 fully saturated rings. The minimum Gasteiger partial charge on any atom is -0.356 e. The molecule has 0 unspecified atom stereocenters. The van der Waals surface area contributed by atoms with Crippen LogP contribution < -0.4 is 16.2 Å². The minimum absolute atomic E-state index is 0.0984. The van der Waals surface area contributed by atoms with E-state index in [4.69, 9.17) is 10.8 Å². The lowest BCUT2D eigenvalue weighted by atomic mass is 9.96. The number of hydrazine groups is 1. The quantitative estimate of drug-likeness (QED) is 0.632. The summed E-state index contributed by atoms with van der Waals surface area (Å²) in [6.07, 6.45) is 0. The lowest BCUT2D eigenvalue weighted by molar-refractivity contribution is 0.542. The Morgan fingerprint density at radius 2 is 1.95 bits per heavy atom. The minimum atomic E-state index is -0.0984. The van der Waals surface area contributed by atoms with Gasteiger partial charge in [-0.3, -0.25) is 0 Å². The highest BCUT2D eigenvalue weighted by molar-refractivity contribution is 5.49. The Balaban J connectivity index is 3.18. The fourth-order valence-electron chi connectivity index (χ4n) is 1.83. The van der Waals surface area contributed by atoms with Crippen molar-refractivity contribution in [3.05, 3.63) is 11.9 Å². The highest BCUT2D eigenvalue weighted by Crippen LogP contribution is 2.24. The molecule has 0 aliphatic rings. The second-order valence-electron chi connectivity index (χ2n) is 6.26. The Morgan fingerprint density at radius 3 is 2.37 bits per heavy atom. The zero-order valence-electron chi connectivity index (χ0n) is 13.0. The first kappa shape index (κ1) is 15.7. The van der Waals surface area contributed by atoms with Crippen LogP contribution in [-0.4, -0.2) is 23.1 Å². The first-order valence-electron chi connectivity index (χ1n) is 6.89. The van der Waals surface area contributed by atoms with Gasteiger partial charge in [0.05, 0.1) is 0 Å². The topological polar surface area (TPSA) is 67.1 Å². The first-order chi connectivity index (χ1) is 8.77. The van der Waals surface area contributed by atoms with Crippen LogP contribution in [-0.2, 0) is 5.41 Å². The molecule has 0 aliphatic heterocycles. The third-order valence-corrected chi connectivity index (χ3v) is 2.82. The predicted octanol–water partition coefficient (Wildman–Crippen LogP) is 2.54. The number of nitrogens with two attached hydrogens (primary N) is 1. The van der Waals surface area contributed by atoms with Crippen LogP contribution in [0.15, 0.2) is 6.07 Å². The number of rotatable bonds is 5. The van der Waals surface area contributed by atoms with Gasteiger partial charge in [0.1, 0.15) is 17.5 Å². The number of hydrogen-bond acceptors (Lipinski definition) is 5. The first-order valence-corrected chi connectivity index (χ1v) is 6.89. The fraction of sp³-hybridized carbons (Fsp3) is 0.714. The van der Waals surface area contributed by atoms with Gasteiger partial charge in [-0.2, -0.15) is 0 Å². The Bertz CT molecular complexity index is 409. The summed E-state index contributed by atoms with van der Waals surface area (Å²) in [5.74, 6) is 8.50. The van der Waals surface area contributed by atoms with Gasteiger partial charge in [0.25, 0.3) is 0 Å². The van der Waals surface area contributed by atoms with Gasteiger partial charge in [-0.25, -0.2) is 15.8 Å². The van der Waals surface area contributed by atoms with Gasteiger partial charge in [-0.05, 0) is 12.8 Å². The molecule has 1 heterocycles. The summed E-state index contributed by atoms with van der Waals surface area (Å²) >= 11 is 0. The molecule has 108 valence electrons. The Morgan fingerprint density at radius 1 is 1.32 bits per heavy atom. The molecule has 0 radical (unpaired) electrons. The Labute approximate surface area is 116 Å². The number of nitrogen functional groups attached to an aromatic ring is 1. The number of hydrogen-bond donors (Lipinski definition) is 2. The van der Waals surface area contributed by atoms with E-state index in [2.05, 4.69) is 56.9 Å².